The summed E-state index contributed by atoms with van der Waals surface area (Å²) in [5.74, 6) is -0.0851. The second kappa shape index (κ2) is 10.5. The Morgan fingerprint density at radius 1 is 1.13 bits per heavy atom. The highest BCUT2D eigenvalue weighted by molar-refractivity contribution is 5.92. The zero-order valence-corrected chi connectivity index (χ0v) is 21.6. The number of halogens is 1. The van der Waals surface area contributed by atoms with Gasteiger partial charge in [-0.25, -0.2) is 19.3 Å². The van der Waals surface area contributed by atoms with E-state index in [1.807, 2.05) is 20.1 Å². The summed E-state index contributed by atoms with van der Waals surface area (Å²) in [6, 6.07) is 3.36. The number of aliphatic hydroxyl groups is 2. The first-order chi connectivity index (χ1) is 18.6. The number of imidazole rings is 2. The van der Waals surface area contributed by atoms with Crippen LogP contribution in [0.5, 0.6) is 0 Å². The Bertz CT molecular complexity index is 1430. The number of aliphatic hydroxyl groups excluding tert-OH is 2. The number of hydrogen-bond acceptors (Lipinski definition) is 8. The lowest BCUT2D eigenvalue weighted by molar-refractivity contribution is -0.0298. The van der Waals surface area contributed by atoms with E-state index in [1.165, 1.54) is 6.07 Å². The van der Waals surface area contributed by atoms with Gasteiger partial charge < -0.3 is 24.4 Å². The molecule has 1 aromatic carbocycles. The number of anilines is 1. The Morgan fingerprint density at radius 3 is 2.79 bits per heavy atom. The van der Waals surface area contributed by atoms with Crippen molar-refractivity contribution in [1.29, 1.82) is 0 Å². The van der Waals surface area contributed by atoms with Gasteiger partial charge in [-0.3, -0.25) is 4.57 Å². The summed E-state index contributed by atoms with van der Waals surface area (Å²) >= 11 is 0. The summed E-state index contributed by atoms with van der Waals surface area (Å²) in [7, 11) is 0. The first-order valence-electron chi connectivity index (χ1n) is 13.6. The Kier molecular flexibility index (Phi) is 6.98. The molecule has 0 saturated carbocycles. The molecule has 2 aliphatic rings. The van der Waals surface area contributed by atoms with Crippen molar-refractivity contribution in [3.05, 3.63) is 30.6 Å². The molecule has 38 heavy (non-hydrogen) atoms. The maximum atomic E-state index is 15.5. The molecule has 6 rings (SSSR count). The van der Waals surface area contributed by atoms with Gasteiger partial charge in [-0.05, 0) is 44.2 Å². The molecule has 0 bridgehead atoms. The molecule has 4 aromatic rings. The van der Waals surface area contributed by atoms with Crippen molar-refractivity contribution in [2.45, 2.75) is 64.3 Å². The van der Waals surface area contributed by atoms with Crippen molar-refractivity contribution < 1.29 is 19.3 Å². The maximum Gasteiger partial charge on any atom is 0.228 e. The van der Waals surface area contributed by atoms with Gasteiger partial charge in [0.25, 0.3) is 0 Å². The molecule has 5 heterocycles. The molecule has 202 valence electrons. The summed E-state index contributed by atoms with van der Waals surface area (Å²) in [5.41, 5.74) is 3.33. The number of nitrogens with zero attached hydrogens (tertiary/aromatic N) is 7. The largest absolute Gasteiger partial charge is 0.396 e. The number of unbranched alkanes of at least 4 members (excludes halogenated alkanes) is 1. The van der Waals surface area contributed by atoms with Crippen LogP contribution in [0.1, 0.15) is 51.7 Å². The van der Waals surface area contributed by atoms with E-state index in [0.29, 0.717) is 72.1 Å². The number of hydrogen-bond donors (Lipinski definition) is 2. The molecule has 10 nitrogen and oxygen atoms in total. The quantitative estimate of drug-likeness (QED) is 0.377. The second-order valence-electron chi connectivity index (χ2n) is 10.4. The van der Waals surface area contributed by atoms with Crippen LogP contribution in [-0.4, -0.2) is 71.7 Å². The molecule has 2 saturated heterocycles. The van der Waals surface area contributed by atoms with Gasteiger partial charge >= 0.3 is 0 Å². The summed E-state index contributed by atoms with van der Waals surface area (Å²) < 4.78 is 25.3. The van der Waals surface area contributed by atoms with Gasteiger partial charge in [-0.2, -0.15) is 4.98 Å². The monoisotopic (exact) mass is 523 g/mol. The van der Waals surface area contributed by atoms with E-state index in [2.05, 4.69) is 16.9 Å². The van der Waals surface area contributed by atoms with E-state index >= 15 is 4.39 Å². The number of ether oxygens (including phenoxy) is 1. The molecule has 0 amide bonds. The van der Waals surface area contributed by atoms with Crippen LogP contribution >= 0.6 is 0 Å². The van der Waals surface area contributed by atoms with Gasteiger partial charge in [0.05, 0.1) is 24.3 Å². The van der Waals surface area contributed by atoms with Gasteiger partial charge in [-0.1, -0.05) is 13.3 Å². The first-order valence-corrected chi connectivity index (χ1v) is 13.6. The SMILES string of the molecule is CCCCn1cnc2cc(-c3nc(N4CC[C@H](CO)[C@@H](O)C4)nc4c3ncn4C3CCCCO3)cc(F)c21. The number of rotatable bonds is 7. The minimum absolute atomic E-state index is 0.0594. The molecule has 2 N–H and O–H groups in total. The zero-order valence-electron chi connectivity index (χ0n) is 21.6. The molecule has 1 unspecified atom stereocenters. The summed E-state index contributed by atoms with van der Waals surface area (Å²) in [5, 5.41) is 20.2. The van der Waals surface area contributed by atoms with Gasteiger partial charge in [-0.15, -0.1) is 0 Å². The van der Waals surface area contributed by atoms with Crippen LogP contribution in [0.3, 0.4) is 0 Å². The smallest absolute Gasteiger partial charge is 0.228 e. The highest BCUT2D eigenvalue weighted by Gasteiger charge is 2.30. The molecule has 2 aliphatic heterocycles. The molecular weight excluding hydrogens is 489 g/mol. The average Bonchev–Trinajstić information content (AvgIpc) is 3.56. The number of aryl methyl sites for hydroxylation is 1. The fraction of sp³-hybridized carbons (Fsp3) is 0.556. The number of piperidine rings is 1. The minimum atomic E-state index is -0.691. The van der Waals surface area contributed by atoms with E-state index in [-0.39, 0.29) is 24.6 Å². The van der Waals surface area contributed by atoms with Crippen molar-refractivity contribution in [3.63, 3.8) is 0 Å². The number of β-amino-alcohol motifs (C(OH)–C–C–N with tert-alkyl or cyclic N) is 1. The van der Waals surface area contributed by atoms with Crippen LogP contribution in [0.15, 0.2) is 24.8 Å². The van der Waals surface area contributed by atoms with Crippen molar-refractivity contribution in [2.75, 3.05) is 31.2 Å². The number of benzene rings is 1. The van der Waals surface area contributed by atoms with Crippen LogP contribution in [-0.2, 0) is 11.3 Å². The third-order valence-electron chi connectivity index (χ3n) is 7.81. The zero-order chi connectivity index (χ0) is 26.2. The first kappa shape index (κ1) is 25.1. The lowest BCUT2D eigenvalue weighted by atomic mass is 9.95. The van der Waals surface area contributed by atoms with Gasteiger partial charge in [0.2, 0.25) is 5.95 Å². The van der Waals surface area contributed by atoms with Crippen LogP contribution in [0, 0.1) is 11.7 Å². The van der Waals surface area contributed by atoms with Crippen molar-refractivity contribution >= 4 is 28.1 Å². The molecule has 0 spiro atoms. The number of aromatic nitrogens is 6. The third-order valence-corrected chi connectivity index (χ3v) is 7.81. The van der Waals surface area contributed by atoms with Crippen LogP contribution in [0.25, 0.3) is 33.5 Å². The third kappa shape index (κ3) is 4.52. The number of fused-ring (bicyclic) bond motifs is 2. The lowest BCUT2D eigenvalue weighted by Crippen LogP contribution is -2.45. The Labute approximate surface area is 220 Å². The highest BCUT2D eigenvalue weighted by atomic mass is 19.1. The van der Waals surface area contributed by atoms with E-state index < -0.39 is 6.10 Å². The van der Waals surface area contributed by atoms with E-state index in [9.17, 15) is 10.2 Å². The van der Waals surface area contributed by atoms with Gasteiger partial charge in [0, 0.05) is 44.3 Å². The average molecular weight is 524 g/mol. The molecular formula is C27H34FN7O3. The second-order valence-corrected chi connectivity index (χ2v) is 10.4. The predicted molar refractivity (Wildman–Crippen MR) is 141 cm³/mol. The van der Waals surface area contributed by atoms with Crippen molar-refractivity contribution in [2.24, 2.45) is 5.92 Å². The van der Waals surface area contributed by atoms with Crippen LogP contribution < -0.4 is 4.90 Å². The Balaban J connectivity index is 1.47. The fourth-order valence-electron chi connectivity index (χ4n) is 5.57. The predicted octanol–water partition coefficient (Wildman–Crippen LogP) is 3.66. The topological polar surface area (TPSA) is 114 Å². The summed E-state index contributed by atoms with van der Waals surface area (Å²) in [6.07, 6.45) is 8.06. The standard InChI is InChI=1S/C27H34FN7O3/c1-2-3-8-34-15-29-20-12-18(11-19(28)25(20)34)23-24-26(35(16-30-24)22-6-4-5-10-38-22)32-27(31-23)33-9-7-17(14-36)21(37)13-33/h11-12,15-17,21-22,36-37H,2-10,13-14H2,1H3/t17-,21+,22?/m1/s1. The highest BCUT2D eigenvalue weighted by Crippen LogP contribution is 2.34. The maximum absolute atomic E-state index is 15.5. The van der Waals surface area contributed by atoms with Gasteiger partial charge in [0.15, 0.2) is 5.65 Å². The molecule has 0 radical (unpaired) electrons. The summed E-state index contributed by atoms with van der Waals surface area (Å²) in [6.45, 7) is 4.34. The van der Waals surface area contributed by atoms with E-state index in [0.717, 1.165) is 32.1 Å². The molecule has 2 fully saturated rings. The van der Waals surface area contributed by atoms with Gasteiger partial charge in [0.1, 0.15) is 28.8 Å². The van der Waals surface area contributed by atoms with Crippen LogP contribution in [0.2, 0.25) is 0 Å². The normalized spacial score (nSPS) is 22.5. The molecule has 3 atom stereocenters. The van der Waals surface area contributed by atoms with E-state index in [1.54, 1.807) is 12.7 Å². The molecule has 11 heteroatoms. The fourth-order valence-corrected chi connectivity index (χ4v) is 5.57. The Morgan fingerprint density at radius 2 is 2.03 bits per heavy atom. The Hall–Kier alpha value is -3.15. The molecule has 0 aliphatic carbocycles. The molecule has 3 aromatic heterocycles. The minimum Gasteiger partial charge on any atom is -0.396 e. The van der Waals surface area contributed by atoms with E-state index in [4.69, 9.17) is 14.7 Å². The lowest BCUT2D eigenvalue weighted by Gasteiger charge is -2.35. The van der Waals surface area contributed by atoms with Crippen molar-refractivity contribution in [1.82, 2.24) is 29.1 Å². The van der Waals surface area contributed by atoms with Crippen molar-refractivity contribution in [3.8, 4) is 11.3 Å². The summed E-state index contributed by atoms with van der Waals surface area (Å²) in [4.78, 5) is 20.8. The van der Waals surface area contributed by atoms with Crippen LogP contribution in [0.4, 0.5) is 10.3 Å².